The van der Waals surface area contributed by atoms with E-state index in [1.807, 2.05) is 37.1 Å². The summed E-state index contributed by atoms with van der Waals surface area (Å²) in [6, 6.07) is 5.98. The number of rotatable bonds is 4. The molecule has 0 bridgehead atoms. The van der Waals surface area contributed by atoms with Gasteiger partial charge in [0.05, 0.1) is 6.61 Å². The van der Waals surface area contributed by atoms with E-state index in [9.17, 15) is 4.79 Å². The maximum atomic E-state index is 12.4. The van der Waals surface area contributed by atoms with E-state index >= 15 is 0 Å². The molecule has 1 amide bonds. The number of nitrogens with zero attached hydrogens (tertiary/aromatic N) is 1. The number of hydrogen-bond donors (Lipinski definition) is 1. The highest BCUT2D eigenvalue weighted by atomic mass is 79.9. The maximum absolute atomic E-state index is 12.4. The summed E-state index contributed by atoms with van der Waals surface area (Å²) >= 11 is 3.48. The van der Waals surface area contributed by atoms with Gasteiger partial charge in [0.1, 0.15) is 6.10 Å². The normalized spacial score (nSPS) is 19.8. The van der Waals surface area contributed by atoms with E-state index in [4.69, 9.17) is 4.74 Å². The van der Waals surface area contributed by atoms with Crippen LogP contribution in [0, 0.1) is 6.92 Å². The van der Waals surface area contributed by atoms with Crippen molar-refractivity contribution in [3.63, 3.8) is 0 Å². The summed E-state index contributed by atoms with van der Waals surface area (Å²) in [4.78, 5) is 14.2. The van der Waals surface area contributed by atoms with Gasteiger partial charge in [0, 0.05) is 16.7 Å². The molecule has 1 aromatic rings. The fourth-order valence-electron chi connectivity index (χ4n) is 2.18. The SMILES string of the molecule is CNCCC1OCCN(c2ccc(Br)c(C)c2)C1=O. The van der Waals surface area contributed by atoms with Gasteiger partial charge in [-0.1, -0.05) is 15.9 Å². The molecular weight excluding hydrogens is 308 g/mol. The van der Waals surface area contributed by atoms with Crippen molar-refractivity contribution in [1.82, 2.24) is 5.32 Å². The van der Waals surface area contributed by atoms with Crippen LogP contribution in [0.4, 0.5) is 5.69 Å². The number of carbonyl (C=O) groups excluding carboxylic acids is 1. The van der Waals surface area contributed by atoms with Gasteiger partial charge in [-0.05, 0) is 50.7 Å². The second kappa shape index (κ2) is 6.50. The van der Waals surface area contributed by atoms with Gasteiger partial charge in [-0.25, -0.2) is 0 Å². The van der Waals surface area contributed by atoms with Crippen LogP contribution in [0.3, 0.4) is 0 Å². The van der Waals surface area contributed by atoms with Gasteiger partial charge in [0.2, 0.25) is 0 Å². The Morgan fingerprint density at radius 1 is 1.53 bits per heavy atom. The average molecular weight is 327 g/mol. The molecule has 4 nitrogen and oxygen atoms in total. The lowest BCUT2D eigenvalue weighted by atomic mass is 10.1. The van der Waals surface area contributed by atoms with Gasteiger partial charge in [0.15, 0.2) is 0 Å². The Morgan fingerprint density at radius 2 is 2.32 bits per heavy atom. The number of hydrogen-bond acceptors (Lipinski definition) is 3. The van der Waals surface area contributed by atoms with Crippen LogP contribution in [0.5, 0.6) is 0 Å². The van der Waals surface area contributed by atoms with Gasteiger partial charge in [0.25, 0.3) is 5.91 Å². The topological polar surface area (TPSA) is 41.6 Å². The number of ether oxygens (including phenoxy) is 1. The number of anilines is 1. The monoisotopic (exact) mass is 326 g/mol. The molecule has 0 aliphatic carbocycles. The van der Waals surface area contributed by atoms with Crippen LogP contribution >= 0.6 is 15.9 Å². The number of aryl methyl sites for hydroxylation is 1. The third-order valence-electron chi connectivity index (χ3n) is 3.29. The summed E-state index contributed by atoms with van der Waals surface area (Å²) in [6.07, 6.45) is 0.381. The Morgan fingerprint density at radius 3 is 3.00 bits per heavy atom. The van der Waals surface area contributed by atoms with Crippen LogP contribution < -0.4 is 10.2 Å². The molecule has 1 atom stereocenters. The van der Waals surface area contributed by atoms with E-state index in [-0.39, 0.29) is 12.0 Å². The van der Waals surface area contributed by atoms with Crippen LogP contribution in [-0.2, 0) is 9.53 Å². The van der Waals surface area contributed by atoms with E-state index in [2.05, 4.69) is 21.2 Å². The molecule has 0 saturated carbocycles. The van der Waals surface area contributed by atoms with E-state index < -0.39 is 0 Å². The second-order valence-corrected chi connectivity index (χ2v) is 5.53. The quantitative estimate of drug-likeness (QED) is 0.921. The first-order chi connectivity index (χ1) is 9.13. The fourth-order valence-corrected chi connectivity index (χ4v) is 2.42. The van der Waals surface area contributed by atoms with Crippen LogP contribution in [0.2, 0.25) is 0 Å². The summed E-state index contributed by atoms with van der Waals surface area (Å²) in [5.74, 6) is 0.0585. The number of amides is 1. The summed E-state index contributed by atoms with van der Waals surface area (Å²) in [5, 5.41) is 3.05. The summed E-state index contributed by atoms with van der Waals surface area (Å²) in [5.41, 5.74) is 2.08. The minimum Gasteiger partial charge on any atom is -0.366 e. The largest absolute Gasteiger partial charge is 0.366 e. The van der Waals surface area contributed by atoms with Gasteiger partial charge in [-0.3, -0.25) is 4.79 Å². The number of benzene rings is 1. The molecule has 1 saturated heterocycles. The molecule has 1 aliphatic heterocycles. The van der Waals surface area contributed by atoms with Crippen molar-refractivity contribution in [3.05, 3.63) is 28.2 Å². The van der Waals surface area contributed by atoms with E-state index in [1.54, 1.807) is 0 Å². The highest BCUT2D eigenvalue weighted by Crippen LogP contribution is 2.25. The lowest BCUT2D eigenvalue weighted by Crippen LogP contribution is -2.48. The Balaban J connectivity index is 2.14. The van der Waals surface area contributed by atoms with E-state index in [0.29, 0.717) is 19.6 Å². The molecule has 0 radical (unpaired) electrons. The van der Waals surface area contributed by atoms with Crippen molar-refractivity contribution in [2.45, 2.75) is 19.4 Å². The van der Waals surface area contributed by atoms with Gasteiger partial charge >= 0.3 is 0 Å². The third-order valence-corrected chi connectivity index (χ3v) is 4.17. The van der Waals surface area contributed by atoms with Crippen LogP contribution in [0.1, 0.15) is 12.0 Å². The Labute approximate surface area is 122 Å². The third kappa shape index (κ3) is 3.35. The van der Waals surface area contributed by atoms with Crippen molar-refractivity contribution in [2.24, 2.45) is 0 Å². The number of carbonyl (C=O) groups is 1. The highest BCUT2D eigenvalue weighted by Gasteiger charge is 2.30. The van der Waals surface area contributed by atoms with Crippen molar-refractivity contribution in [1.29, 1.82) is 0 Å². The van der Waals surface area contributed by atoms with E-state index in [1.165, 1.54) is 0 Å². The maximum Gasteiger partial charge on any atom is 0.256 e. The average Bonchev–Trinajstić information content (AvgIpc) is 2.41. The molecule has 1 fully saturated rings. The molecule has 0 aromatic heterocycles. The van der Waals surface area contributed by atoms with E-state index in [0.717, 1.165) is 22.3 Å². The molecule has 1 unspecified atom stereocenters. The number of nitrogens with one attached hydrogen (secondary N) is 1. The minimum absolute atomic E-state index is 0.0585. The standard InChI is InChI=1S/C14H19BrN2O2/c1-10-9-11(3-4-12(10)15)17-7-8-19-13(14(17)18)5-6-16-2/h3-4,9,13,16H,5-8H2,1-2H3. The smallest absolute Gasteiger partial charge is 0.256 e. The minimum atomic E-state index is -0.329. The Bertz CT molecular complexity index is 465. The highest BCUT2D eigenvalue weighted by molar-refractivity contribution is 9.10. The fraction of sp³-hybridized carbons (Fsp3) is 0.500. The Hall–Kier alpha value is -0.910. The summed E-state index contributed by atoms with van der Waals surface area (Å²) in [7, 11) is 1.88. The molecular formula is C14H19BrN2O2. The van der Waals surface area contributed by atoms with Gasteiger partial charge in [-0.15, -0.1) is 0 Å². The molecule has 0 spiro atoms. The molecule has 1 aliphatic rings. The zero-order chi connectivity index (χ0) is 13.8. The van der Waals surface area contributed by atoms with Crippen LogP contribution in [-0.4, -0.2) is 38.8 Å². The predicted octanol–water partition coefficient (Wildman–Crippen LogP) is 2.10. The summed E-state index contributed by atoms with van der Waals surface area (Å²) in [6.45, 7) is 4.02. The molecule has 5 heteroatoms. The zero-order valence-electron chi connectivity index (χ0n) is 11.3. The van der Waals surface area contributed by atoms with Crippen LogP contribution in [0.25, 0.3) is 0 Å². The van der Waals surface area contributed by atoms with Crippen molar-refractivity contribution in [3.8, 4) is 0 Å². The molecule has 1 aromatic carbocycles. The van der Waals surface area contributed by atoms with Crippen molar-refractivity contribution in [2.75, 3.05) is 31.6 Å². The second-order valence-electron chi connectivity index (χ2n) is 4.68. The molecule has 1 heterocycles. The zero-order valence-corrected chi connectivity index (χ0v) is 12.9. The lowest BCUT2D eigenvalue weighted by Gasteiger charge is -2.32. The first kappa shape index (κ1) is 14.5. The predicted molar refractivity (Wildman–Crippen MR) is 79.5 cm³/mol. The Kier molecular flexibility index (Phi) is 4.96. The molecule has 19 heavy (non-hydrogen) atoms. The van der Waals surface area contributed by atoms with Gasteiger partial charge < -0.3 is 15.0 Å². The first-order valence-electron chi connectivity index (χ1n) is 6.47. The van der Waals surface area contributed by atoms with Crippen LogP contribution in [0.15, 0.2) is 22.7 Å². The number of halogens is 1. The lowest BCUT2D eigenvalue weighted by molar-refractivity contribution is -0.134. The molecule has 2 rings (SSSR count). The van der Waals surface area contributed by atoms with Crippen molar-refractivity contribution >= 4 is 27.5 Å². The number of morpholine rings is 1. The van der Waals surface area contributed by atoms with Gasteiger partial charge in [-0.2, -0.15) is 0 Å². The molecule has 104 valence electrons. The van der Waals surface area contributed by atoms with Crippen molar-refractivity contribution < 1.29 is 9.53 Å². The summed E-state index contributed by atoms with van der Waals surface area (Å²) < 4.78 is 6.62. The molecule has 1 N–H and O–H groups in total. The first-order valence-corrected chi connectivity index (χ1v) is 7.26.